The summed E-state index contributed by atoms with van der Waals surface area (Å²) >= 11 is 1.43. The van der Waals surface area contributed by atoms with Crippen LogP contribution in [0.3, 0.4) is 0 Å². The third kappa shape index (κ3) is 27.9. The second kappa shape index (κ2) is 38.9. The number of amides is 6. The largest absolute Gasteiger partial charge is 0.459 e. The van der Waals surface area contributed by atoms with Crippen molar-refractivity contribution in [1.29, 1.82) is 0 Å². The first-order valence-corrected chi connectivity index (χ1v) is 32.9. The number of benzene rings is 2. The van der Waals surface area contributed by atoms with Gasteiger partial charge in [0.2, 0.25) is 17.7 Å². The zero-order valence-electron chi connectivity index (χ0n) is 54.0. The lowest BCUT2D eigenvalue weighted by Crippen LogP contribution is -2.50. The summed E-state index contributed by atoms with van der Waals surface area (Å²) < 4.78 is 40.0. The van der Waals surface area contributed by atoms with Crippen LogP contribution in [0.4, 0.5) is 15.3 Å². The summed E-state index contributed by atoms with van der Waals surface area (Å²) in [5.41, 5.74) is 8.14. The first kappa shape index (κ1) is 74.9. The van der Waals surface area contributed by atoms with Crippen LogP contribution in [0.25, 0.3) is 0 Å². The highest BCUT2D eigenvalue weighted by Crippen LogP contribution is 2.43. The third-order valence-electron chi connectivity index (χ3n) is 16.0. The van der Waals surface area contributed by atoms with Crippen molar-refractivity contribution in [2.75, 3.05) is 63.4 Å². The molecule has 6 amide bonds. The van der Waals surface area contributed by atoms with E-state index in [9.17, 15) is 48.3 Å². The second-order valence-electron chi connectivity index (χ2n) is 24.1. The summed E-state index contributed by atoms with van der Waals surface area (Å²) in [7, 11) is 0. The van der Waals surface area contributed by atoms with E-state index in [0.717, 1.165) is 17.6 Å². The Morgan fingerprint density at radius 2 is 1.54 bits per heavy atom. The molecule has 2 aromatic carbocycles. The van der Waals surface area contributed by atoms with Crippen molar-refractivity contribution in [3.63, 3.8) is 0 Å². The van der Waals surface area contributed by atoms with Gasteiger partial charge in [-0.25, -0.2) is 9.59 Å². The number of ketones is 3. The number of carbonyl (C=O) groups is 9. The number of thioether (sulfide) groups is 1. The maximum absolute atomic E-state index is 13.8. The van der Waals surface area contributed by atoms with Crippen LogP contribution in [0, 0.1) is 17.8 Å². The lowest BCUT2D eigenvalue weighted by Gasteiger charge is -2.39. The van der Waals surface area contributed by atoms with Gasteiger partial charge < -0.3 is 65.3 Å². The molecule has 2 aromatic rings. The van der Waals surface area contributed by atoms with Crippen molar-refractivity contribution in [3.8, 4) is 0 Å². The molecule has 3 fully saturated rings. The zero-order valence-corrected chi connectivity index (χ0v) is 54.8. The Balaban J connectivity index is 1.01. The van der Waals surface area contributed by atoms with Gasteiger partial charge in [-0.15, -0.1) is 0 Å². The molecule has 24 heteroatoms. The number of hydrogen-bond acceptors (Lipinski definition) is 18. The van der Waals surface area contributed by atoms with E-state index in [0.29, 0.717) is 74.6 Å². The fourth-order valence-electron chi connectivity index (χ4n) is 10.7. The molecule has 0 saturated carbocycles. The number of aliphatic hydroxyl groups excluding tert-OH is 1. The number of nitrogens with one attached hydrogen (secondary N) is 5. The summed E-state index contributed by atoms with van der Waals surface area (Å²) in [5, 5.41) is 25.1. The van der Waals surface area contributed by atoms with Crippen LogP contribution in [0.1, 0.15) is 123 Å². The minimum atomic E-state index is -0.914. The Bertz CT molecular complexity index is 2810. The molecular formula is C67H96N6O17S. The molecule has 0 unspecified atom stereocenters. The summed E-state index contributed by atoms with van der Waals surface area (Å²) in [6.07, 6.45) is 10.3. The summed E-state index contributed by atoms with van der Waals surface area (Å²) in [5.74, 6) is -2.00. The molecule has 0 aromatic heterocycles. The maximum atomic E-state index is 13.8. The molecule has 502 valence electrons. The van der Waals surface area contributed by atoms with E-state index in [-0.39, 0.29) is 124 Å². The maximum Gasteiger partial charge on any atom is 0.411 e. The van der Waals surface area contributed by atoms with Crippen molar-refractivity contribution < 1.29 is 81.4 Å². The SMILES string of the molecule is CSCC(=O)NCCOCCOCCC(=O)C[C@@H](C(=O)N[C@H](CCCNC(N)=O)C(=O)Cc1ccc(COC(=O)Nc2ccc(CCC(=O)C[C@@H]3C[C@@]4(CO4)[C@H](O)[C@@H](/C=C/C(C)=C/C[C@@H]4O[C@H](C)[C@H](NC(=O)/C=C\[C@H](C)OC(C)=O)C[C@@H]4C)O3)cc2)cc1)C(C)C. The molecule has 8 N–H and O–H groups in total. The molecule has 0 radical (unpaired) electrons. The normalized spacial score (nSPS) is 22.4. The highest BCUT2D eigenvalue weighted by Gasteiger charge is 2.58. The number of aliphatic hydroxyl groups is 1. The topological polar surface area (TPSA) is 328 Å². The van der Waals surface area contributed by atoms with Gasteiger partial charge in [0, 0.05) is 76.2 Å². The molecule has 0 aliphatic carbocycles. The van der Waals surface area contributed by atoms with E-state index in [1.165, 1.54) is 30.8 Å². The number of nitrogens with two attached hydrogens (primary N) is 1. The van der Waals surface area contributed by atoms with Crippen LogP contribution in [0.2, 0.25) is 0 Å². The van der Waals surface area contributed by atoms with Gasteiger partial charge in [-0.2, -0.15) is 11.8 Å². The molecule has 23 nitrogen and oxygen atoms in total. The van der Waals surface area contributed by atoms with Crippen LogP contribution >= 0.6 is 11.8 Å². The Morgan fingerprint density at radius 3 is 2.21 bits per heavy atom. The predicted molar refractivity (Wildman–Crippen MR) is 344 cm³/mol. The van der Waals surface area contributed by atoms with Crippen LogP contribution in [-0.4, -0.2) is 171 Å². The number of allylic oxidation sites excluding steroid dienone is 2. The quantitative estimate of drug-likeness (QED) is 0.0124. The van der Waals surface area contributed by atoms with Gasteiger partial charge in [0.25, 0.3) is 0 Å². The average Bonchev–Trinajstić information content (AvgIpc) is 1.61. The molecule has 3 heterocycles. The summed E-state index contributed by atoms with van der Waals surface area (Å²) in [6.45, 7) is 14.6. The third-order valence-corrected chi connectivity index (χ3v) is 16.6. The van der Waals surface area contributed by atoms with Crippen LogP contribution in [-0.2, 0) is 86.2 Å². The number of primary amides is 1. The molecule has 11 atom stereocenters. The van der Waals surface area contributed by atoms with Crippen molar-refractivity contribution in [2.45, 2.75) is 180 Å². The van der Waals surface area contributed by atoms with Crippen molar-refractivity contribution in [1.82, 2.24) is 21.3 Å². The molecule has 3 saturated heterocycles. The van der Waals surface area contributed by atoms with E-state index >= 15 is 0 Å². The van der Waals surface area contributed by atoms with Gasteiger partial charge in [-0.3, -0.25) is 38.9 Å². The molecule has 3 aliphatic rings. The van der Waals surface area contributed by atoms with Crippen LogP contribution < -0.4 is 32.3 Å². The summed E-state index contributed by atoms with van der Waals surface area (Å²) in [6, 6.07) is 12.2. The molecule has 91 heavy (non-hydrogen) atoms. The Morgan fingerprint density at radius 1 is 0.846 bits per heavy atom. The fourth-order valence-corrected chi connectivity index (χ4v) is 11.1. The zero-order chi connectivity index (χ0) is 66.5. The molecule has 1 spiro atoms. The smallest absolute Gasteiger partial charge is 0.411 e. The van der Waals surface area contributed by atoms with E-state index < -0.39 is 66.0 Å². The van der Waals surface area contributed by atoms with Crippen LogP contribution in [0.5, 0.6) is 0 Å². The van der Waals surface area contributed by atoms with E-state index in [4.69, 9.17) is 38.9 Å². The van der Waals surface area contributed by atoms with E-state index in [1.54, 1.807) is 43.3 Å². The van der Waals surface area contributed by atoms with E-state index in [2.05, 4.69) is 39.6 Å². The van der Waals surface area contributed by atoms with Gasteiger partial charge in [-0.05, 0) is 106 Å². The van der Waals surface area contributed by atoms with Gasteiger partial charge >= 0.3 is 18.1 Å². The van der Waals surface area contributed by atoms with Gasteiger partial charge in [0.1, 0.15) is 42.1 Å². The number of ether oxygens (including phenoxy) is 7. The number of anilines is 1. The van der Waals surface area contributed by atoms with Crippen molar-refractivity contribution in [2.24, 2.45) is 23.5 Å². The minimum Gasteiger partial charge on any atom is -0.459 e. The summed E-state index contributed by atoms with van der Waals surface area (Å²) in [4.78, 5) is 113. The number of urea groups is 1. The van der Waals surface area contributed by atoms with Crippen molar-refractivity contribution in [3.05, 3.63) is 101 Å². The van der Waals surface area contributed by atoms with Gasteiger partial charge in [0.05, 0.1) is 69.2 Å². The first-order valence-electron chi connectivity index (χ1n) is 31.5. The van der Waals surface area contributed by atoms with Gasteiger partial charge in [0.15, 0.2) is 5.78 Å². The van der Waals surface area contributed by atoms with Crippen LogP contribution in [0.15, 0.2) is 84.5 Å². The Labute approximate surface area is 539 Å². The second-order valence-corrected chi connectivity index (χ2v) is 25.0. The highest BCUT2D eigenvalue weighted by molar-refractivity contribution is 7.99. The number of rotatable bonds is 39. The highest BCUT2D eigenvalue weighted by atomic mass is 32.2. The van der Waals surface area contributed by atoms with E-state index in [1.807, 2.05) is 58.2 Å². The van der Waals surface area contributed by atoms with Gasteiger partial charge in [-0.1, -0.05) is 81.0 Å². The molecule has 5 rings (SSSR count). The number of aryl methyl sites for hydroxylation is 1. The number of esters is 1. The fraction of sp³-hybridized carbons (Fsp3) is 0.597. The lowest BCUT2D eigenvalue weighted by atomic mass is 9.86. The number of carbonyl (C=O) groups excluding carboxylic acids is 9. The first-order chi connectivity index (χ1) is 43.4. The Hall–Kier alpha value is -6.80. The predicted octanol–water partition coefficient (Wildman–Crippen LogP) is 6.49. The lowest BCUT2D eigenvalue weighted by molar-refractivity contribution is -0.144. The molecular weight excluding hydrogens is 1190 g/mol. The minimum absolute atomic E-state index is 0.00600. The average molecular weight is 1290 g/mol. The Kier molecular flexibility index (Phi) is 32.0. The molecule has 3 aliphatic heterocycles. The molecule has 0 bridgehead atoms. The monoisotopic (exact) mass is 1290 g/mol. The van der Waals surface area contributed by atoms with Crippen molar-refractivity contribution >= 4 is 70.6 Å². The number of Topliss-reactive ketones (excluding diaryl/α,β-unsaturated/α-hetero) is 3. The standard InChI is InChI=1S/C67H96N6O17S/c1-42(2)55(37-53(76)27-30-84-32-33-85-31-29-69-62(79)40-91-8)64(81)73-56(10-9-28-70-65(68)82)58(77)35-49-14-16-50(17-15-49)39-86-66(83)71-51-21-18-48(19-22-51)20-23-52(75)36-54-38-67(41-87-67)63(80)60(90-54)25-12-43(3)11-24-59-44(4)34-57(46(6)89-59)72-61(78)26-13-45(5)88-47(7)74/h11-19,21-22,25-26,42,44-46,54-57,59-60,63,80H,9-10,20,23-24,27-41H2,1-8H3,(H,69,79)(H,71,83)(H,72,78)(H,73,81)(H3,68,70,82)/b25-12+,26-13-,43-11+/t44-,45-,46+,54+,55+,56+,57+,59-,60+,63+,67+/m0/s1. The number of epoxide rings is 1. The number of hydrogen-bond donors (Lipinski definition) is 7.